The van der Waals surface area contributed by atoms with Gasteiger partial charge in [-0.1, -0.05) is 41.4 Å². The number of Topliss-reactive ketones (excluding diaryl/α,β-unsaturated/α-hetero) is 1. The molecular weight excluding hydrogens is 399 g/mol. The number of anilines is 1. The van der Waals surface area contributed by atoms with E-state index in [4.69, 9.17) is 23.2 Å². The van der Waals surface area contributed by atoms with Gasteiger partial charge in [0, 0.05) is 25.5 Å². The van der Waals surface area contributed by atoms with E-state index in [9.17, 15) is 14.4 Å². The van der Waals surface area contributed by atoms with Gasteiger partial charge >= 0.3 is 0 Å². The fourth-order valence-corrected chi connectivity index (χ4v) is 3.06. The SMILES string of the molecule is Cc1ccc(C(=O)CCC(=O)N(C)CC(=O)Nc2c(Cl)cccc2Cl)cc1C. The second-order valence-electron chi connectivity index (χ2n) is 6.62. The minimum atomic E-state index is -0.425. The van der Waals surface area contributed by atoms with Crippen molar-refractivity contribution in [3.8, 4) is 0 Å². The van der Waals surface area contributed by atoms with Crippen LogP contribution in [0.4, 0.5) is 5.69 Å². The van der Waals surface area contributed by atoms with E-state index in [0.717, 1.165) is 11.1 Å². The first-order valence-corrected chi connectivity index (χ1v) is 9.53. The highest BCUT2D eigenvalue weighted by Gasteiger charge is 2.17. The Labute approximate surface area is 174 Å². The highest BCUT2D eigenvalue weighted by atomic mass is 35.5. The number of nitrogens with one attached hydrogen (secondary N) is 1. The molecule has 0 unspecified atom stereocenters. The Hall–Kier alpha value is -2.37. The van der Waals surface area contributed by atoms with Crippen LogP contribution in [0.1, 0.15) is 34.3 Å². The zero-order chi connectivity index (χ0) is 20.8. The van der Waals surface area contributed by atoms with Crippen molar-refractivity contribution < 1.29 is 14.4 Å². The third kappa shape index (κ3) is 5.81. The van der Waals surface area contributed by atoms with Crippen LogP contribution in [0.25, 0.3) is 0 Å². The molecule has 1 N–H and O–H groups in total. The third-order valence-electron chi connectivity index (χ3n) is 4.43. The van der Waals surface area contributed by atoms with E-state index in [1.165, 1.54) is 11.9 Å². The fourth-order valence-electron chi connectivity index (χ4n) is 2.57. The molecule has 2 aromatic rings. The molecule has 0 fully saturated rings. The lowest BCUT2D eigenvalue weighted by Gasteiger charge is -2.17. The molecule has 0 heterocycles. The van der Waals surface area contributed by atoms with Crippen LogP contribution in [-0.2, 0) is 9.59 Å². The van der Waals surface area contributed by atoms with E-state index in [1.807, 2.05) is 26.0 Å². The Morgan fingerprint density at radius 2 is 1.61 bits per heavy atom. The molecule has 2 rings (SSSR count). The molecule has 2 amide bonds. The van der Waals surface area contributed by atoms with Crippen molar-refractivity contribution in [2.75, 3.05) is 18.9 Å². The van der Waals surface area contributed by atoms with E-state index < -0.39 is 5.91 Å². The number of likely N-dealkylation sites (N-methyl/N-ethyl adjacent to an activating group) is 1. The normalized spacial score (nSPS) is 10.5. The highest BCUT2D eigenvalue weighted by Crippen LogP contribution is 2.29. The van der Waals surface area contributed by atoms with Crippen molar-refractivity contribution in [3.05, 3.63) is 63.1 Å². The Kier molecular flexibility index (Phi) is 7.61. The molecule has 2 aromatic carbocycles. The summed E-state index contributed by atoms with van der Waals surface area (Å²) >= 11 is 12.0. The van der Waals surface area contributed by atoms with Gasteiger partial charge in [0.2, 0.25) is 11.8 Å². The lowest BCUT2D eigenvalue weighted by molar-refractivity contribution is -0.133. The number of para-hydroxylation sites is 1. The first-order valence-electron chi connectivity index (χ1n) is 8.77. The number of rotatable bonds is 7. The highest BCUT2D eigenvalue weighted by molar-refractivity contribution is 6.39. The lowest BCUT2D eigenvalue weighted by atomic mass is 10.0. The van der Waals surface area contributed by atoms with Gasteiger partial charge in [-0.2, -0.15) is 0 Å². The minimum Gasteiger partial charge on any atom is -0.336 e. The molecule has 0 saturated heterocycles. The van der Waals surface area contributed by atoms with Crippen molar-refractivity contribution in [2.45, 2.75) is 26.7 Å². The number of carbonyl (C=O) groups is 3. The van der Waals surface area contributed by atoms with Crippen LogP contribution in [0, 0.1) is 13.8 Å². The van der Waals surface area contributed by atoms with Crippen molar-refractivity contribution in [3.63, 3.8) is 0 Å². The number of amides is 2. The predicted octanol–water partition coefficient (Wildman–Crippen LogP) is 4.67. The summed E-state index contributed by atoms with van der Waals surface area (Å²) in [5.41, 5.74) is 3.03. The zero-order valence-electron chi connectivity index (χ0n) is 16.0. The van der Waals surface area contributed by atoms with Gasteiger partial charge in [-0.05, 0) is 43.2 Å². The molecular formula is C21H22Cl2N2O3. The van der Waals surface area contributed by atoms with Crippen molar-refractivity contribution >= 4 is 46.5 Å². The summed E-state index contributed by atoms with van der Waals surface area (Å²) in [6, 6.07) is 10.4. The summed E-state index contributed by atoms with van der Waals surface area (Å²) in [6.07, 6.45) is 0.117. The van der Waals surface area contributed by atoms with Crippen LogP contribution in [-0.4, -0.2) is 36.1 Å². The van der Waals surface area contributed by atoms with Crippen molar-refractivity contribution in [1.29, 1.82) is 0 Å². The molecule has 28 heavy (non-hydrogen) atoms. The summed E-state index contributed by atoms with van der Waals surface area (Å²) in [7, 11) is 1.51. The smallest absolute Gasteiger partial charge is 0.244 e. The van der Waals surface area contributed by atoms with Gasteiger partial charge in [0.25, 0.3) is 0 Å². The van der Waals surface area contributed by atoms with E-state index in [1.54, 1.807) is 24.3 Å². The second kappa shape index (κ2) is 9.71. The van der Waals surface area contributed by atoms with Gasteiger partial charge in [0.05, 0.1) is 22.3 Å². The Morgan fingerprint density at radius 1 is 0.964 bits per heavy atom. The molecule has 5 nitrogen and oxygen atoms in total. The van der Waals surface area contributed by atoms with Gasteiger partial charge in [-0.15, -0.1) is 0 Å². The van der Waals surface area contributed by atoms with Crippen molar-refractivity contribution in [1.82, 2.24) is 4.90 Å². The maximum atomic E-state index is 12.3. The number of aryl methyl sites for hydroxylation is 2. The van der Waals surface area contributed by atoms with Crippen LogP contribution >= 0.6 is 23.2 Å². The molecule has 0 aliphatic rings. The van der Waals surface area contributed by atoms with Gasteiger partial charge in [0.15, 0.2) is 5.78 Å². The third-order valence-corrected chi connectivity index (χ3v) is 5.06. The van der Waals surface area contributed by atoms with Crippen LogP contribution in [0.2, 0.25) is 10.0 Å². The molecule has 0 aliphatic heterocycles. The number of halogens is 2. The summed E-state index contributed by atoms with van der Waals surface area (Å²) in [5.74, 6) is -0.818. The molecule has 0 aliphatic carbocycles. The number of hydrogen-bond acceptors (Lipinski definition) is 3. The number of carbonyl (C=O) groups excluding carboxylic acids is 3. The molecule has 0 aromatic heterocycles. The van der Waals surface area contributed by atoms with Gasteiger partial charge in [-0.3, -0.25) is 14.4 Å². The van der Waals surface area contributed by atoms with E-state index in [0.29, 0.717) is 21.3 Å². The Bertz CT molecular complexity index is 892. The largest absolute Gasteiger partial charge is 0.336 e. The average Bonchev–Trinajstić information content (AvgIpc) is 2.64. The molecule has 0 bridgehead atoms. The quantitative estimate of drug-likeness (QED) is 0.661. The van der Waals surface area contributed by atoms with Crippen LogP contribution in [0.5, 0.6) is 0 Å². The lowest BCUT2D eigenvalue weighted by Crippen LogP contribution is -2.35. The topological polar surface area (TPSA) is 66.5 Å². The minimum absolute atomic E-state index is 0.0301. The summed E-state index contributed by atoms with van der Waals surface area (Å²) in [5, 5.41) is 3.23. The molecule has 0 spiro atoms. The van der Waals surface area contributed by atoms with Gasteiger partial charge in [-0.25, -0.2) is 0 Å². The summed E-state index contributed by atoms with van der Waals surface area (Å²) in [4.78, 5) is 38.0. The fraction of sp³-hybridized carbons (Fsp3) is 0.286. The predicted molar refractivity (Wildman–Crippen MR) is 112 cm³/mol. The Morgan fingerprint density at radius 3 is 2.21 bits per heavy atom. The van der Waals surface area contributed by atoms with Gasteiger partial charge < -0.3 is 10.2 Å². The number of nitrogens with zero attached hydrogens (tertiary/aromatic N) is 1. The number of ketones is 1. The van der Waals surface area contributed by atoms with Gasteiger partial charge in [0.1, 0.15) is 0 Å². The number of hydrogen-bond donors (Lipinski definition) is 1. The average molecular weight is 421 g/mol. The monoisotopic (exact) mass is 420 g/mol. The summed E-state index contributed by atoms with van der Waals surface area (Å²) < 4.78 is 0. The van der Waals surface area contributed by atoms with E-state index in [2.05, 4.69) is 5.32 Å². The van der Waals surface area contributed by atoms with Crippen LogP contribution in [0.3, 0.4) is 0 Å². The molecule has 0 radical (unpaired) electrons. The van der Waals surface area contributed by atoms with Crippen LogP contribution < -0.4 is 5.32 Å². The Balaban J connectivity index is 1.87. The molecule has 148 valence electrons. The first-order chi connectivity index (χ1) is 13.2. The maximum Gasteiger partial charge on any atom is 0.244 e. The van der Waals surface area contributed by atoms with Crippen molar-refractivity contribution in [2.24, 2.45) is 0 Å². The van der Waals surface area contributed by atoms with E-state index in [-0.39, 0.29) is 31.1 Å². The maximum absolute atomic E-state index is 12.3. The second-order valence-corrected chi connectivity index (χ2v) is 7.43. The molecule has 7 heteroatoms. The summed E-state index contributed by atoms with van der Waals surface area (Å²) in [6.45, 7) is 3.75. The molecule has 0 saturated carbocycles. The standard InChI is InChI=1S/C21H22Cl2N2O3/c1-13-7-8-15(11-14(13)2)18(26)9-10-20(28)25(3)12-19(27)24-21-16(22)5-4-6-17(21)23/h4-8,11H,9-10,12H2,1-3H3,(H,24,27). The van der Waals surface area contributed by atoms with Crippen LogP contribution in [0.15, 0.2) is 36.4 Å². The molecule has 0 atom stereocenters. The number of benzene rings is 2. The first kappa shape index (κ1) is 21.9. The zero-order valence-corrected chi connectivity index (χ0v) is 17.5. The van der Waals surface area contributed by atoms with E-state index >= 15 is 0 Å².